The second-order valence-electron chi connectivity index (χ2n) is 7.13. The number of morpholine rings is 1. The van der Waals surface area contributed by atoms with E-state index in [9.17, 15) is 13.6 Å². The van der Waals surface area contributed by atoms with Crippen molar-refractivity contribution in [2.45, 2.75) is 20.0 Å². The molecule has 0 radical (unpaired) electrons. The normalized spacial score (nSPS) is 16.8. The van der Waals surface area contributed by atoms with Gasteiger partial charge in [0, 0.05) is 26.3 Å². The largest absolute Gasteiger partial charge is 0.462 e. The lowest BCUT2D eigenvalue weighted by Gasteiger charge is -2.36. The first-order valence-corrected chi connectivity index (χ1v) is 9.71. The zero-order chi connectivity index (χ0) is 21.4. The summed E-state index contributed by atoms with van der Waals surface area (Å²) in [6.45, 7) is 5.06. The Hall–Kier alpha value is -3.07. The summed E-state index contributed by atoms with van der Waals surface area (Å²) in [7, 11) is 1.79. The summed E-state index contributed by atoms with van der Waals surface area (Å²) in [5.41, 5.74) is 2.92. The van der Waals surface area contributed by atoms with Crippen molar-refractivity contribution in [3.05, 3.63) is 52.9 Å². The molecule has 1 aliphatic rings. The van der Waals surface area contributed by atoms with E-state index >= 15 is 0 Å². The first-order valence-electron chi connectivity index (χ1n) is 9.71. The maximum atomic E-state index is 13.7. The minimum absolute atomic E-state index is 0.239. The van der Waals surface area contributed by atoms with E-state index in [1.54, 1.807) is 18.7 Å². The van der Waals surface area contributed by atoms with Crippen LogP contribution < -0.4 is 4.90 Å². The number of fused-ring (bicyclic) bond motifs is 1. The zero-order valence-corrected chi connectivity index (χ0v) is 17.0. The zero-order valence-electron chi connectivity index (χ0n) is 17.0. The second-order valence-corrected chi connectivity index (χ2v) is 7.13. The highest BCUT2D eigenvalue weighted by Gasteiger charge is 2.30. The van der Waals surface area contributed by atoms with Crippen LogP contribution in [0.5, 0.6) is 0 Å². The van der Waals surface area contributed by atoms with Crippen molar-refractivity contribution in [2.24, 2.45) is 7.05 Å². The number of hydrogen-bond donors (Lipinski definition) is 0. The molecule has 4 rings (SSSR count). The molecule has 9 heteroatoms. The van der Waals surface area contributed by atoms with Gasteiger partial charge in [-0.3, -0.25) is 4.68 Å². The predicted molar refractivity (Wildman–Crippen MR) is 106 cm³/mol. The van der Waals surface area contributed by atoms with Gasteiger partial charge in [0.25, 0.3) is 0 Å². The number of carbonyl (C=O) groups excluding carboxylic acids is 1. The van der Waals surface area contributed by atoms with Gasteiger partial charge in [0.2, 0.25) is 0 Å². The maximum Gasteiger partial charge on any atom is 0.341 e. The van der Waals surface area contributed by atoms with Crippen molar-refractivity contribution in [1.82, 2.24) is 14.8 Å². The van der Waals surface area contributed by atoms with E-state index in [0.29, 0.717) is 42.2 Å². The standard InChI is InChI=1S/C21H22F2N4O3/c1-4-29-21(28)14-10-24-20-18(12(2)25-26(20)3)19(14)27-7-8-30-17(11-27)13-5-6-15(22)16(23)9-13/h5-6,9-10,17H,4,7-8,11H2,1-3H3. The van der Waals surface area contributed by atoms with Crippen LogP contribution in [0.4, 0.5) is 14.5 Å². The minimum Gasteiger partial charge on any atom is -0.462 e. The van der Waals surface area contributed by atoms with E-state index < -0.39 is 23.7 Å². The van der Waals surface area contributed by atoms with E-state index in [2.05, 4.69) is 10.1 Å². The number of hydrogen-bond acceptors (Lipinski definition) is 6. The van der Waals surface area contributed by atoms with E-state index in [-0.39, 0.29) is 6.61 Å². The van der Waals surface area contributed by atoms with Crippen LogP contribution in [-0.2, 0) is 16.5 Å². The number of halogens is 2. The molecule has 0 N–H and O–H groups in total. The molecule has 0 aliphatic carbocycles. The number of carbonyl (C=O) groups is 1. The Morgan fingerprint density at radius 3 is 2.87 bits per heavy atom. The molecule has 1 saturated heterocycles. The molecule has 1 aromatic carbocycles. The Morgan fingerprint density at radius 1 is 1.33 bits per heavy atom. The number of anilines is 1. The Labute approximate surface area is 172 Å². The molecule has 7 nitrogen and oxygen atoms in total. The van der Waals surface area contributed by atoms with Gasteiger partial charge in [0.05, 0.1) is 30.0 Å². The number of benzene rings is 1. The number of aromatic nitrogens is 3. The van der Waals surface area contributed by atoms with E-state index in [1.165, 1.54) is 12.3 Å². The Morgan fingerprint density at radius 2 is 2.13 bits per heavy atom. The summed E-state index contributed by atoms with van der Waals surface area (Å²) >= 11 is 0. The van der Waals surface area contributed by atoms with Gasteiger partial charge in [0.1, 0.15) is 11.7 Å². The van der Waals surface area contributed by atoms with Crippen LogP contribution in [0, 0.1) is 18.6 Å². The third kappa shape index (κ3) is 3.49. The molecule has 1 atom stereocenters. The Bertz CT molecular complexity index is 1120. The molecular formula is C21H22F2N4O3. The van der Waals surface area contributed by atoms with Crippen LogP contribution >= 0.6 is 0 Å². The van der Waals surface area contributed by atoms with Crippen LogP contribution in [-0.4, -0.2) is 47.0 Å². The van der Waals surface area contributed by atoms with Crippen molar-refractivity contribution in [3.8, 4) is 0 Å². The summed E-state index contributed by atoms with van der Waals surface area (Å²) in [5, 5.41) is 5.20. The summed E-state index contributed by atoms with van der Waals surface area (Å²) in [6.07, 6.45) is 1.02. The van der Waals surface area contributed by atoms with Crippen molar-refractivity contribution in [1.29, 1.82) is 0 Å². The van der Waals surface area contributed by atoms with Gasteiger partial charge < -0.3 is 14.4 Å². The molecule has 30 heavy (non-hydrogen) atoms. The lowest BCUT2D eigenvalue weighted by molar-refractivity contribution is 0.0391. The van der Waals surface area contributed by atoms with E-state index in [0.717, 1.165) is 23.2 Å². The van der Waals surface area contributed by atoms with Gasteiger partial charge in [-0.15, -0.1) is 0 Å². The average Bonchev–Trinajstić information content (AvgIpc) is 3.03. The maximum absolute atomic E-state index is 13.7. The third-order valence-electron chi connectivity index (χ3n) is 5.19. The topological polar surface area (TPSA) is 69.5 Å². The fourth-order valence-electron chi connectivity index (χ4n) is 3.85. The third-order valence-corrected chi connectivity index (χ3v) is 5.19. The van der Waals surface area contributed by atoms with Gasteiger partial charge in [-0.05, 0) is 31.5 Å². The fourth-order valence-corrected chi connectivity index (χ4v) is 3.85. The van der Waals surface area contributed by atoms with Crippen LogP contribution in [0.15, 0.2) is 24.4 Å². The molecule has 0 amide bonds. The summed E-state index contributed by atoms with van der Waals surface area (Å²) in [4.78, 5) is 19.1. The molecule has 158 valence electrons. The van der Waals surface area contributed by atoms with Gasteiger partial charge >= 0.3 is 5.97 Å². The van der Waals surface area contributed by atoms with Crippen molar-refractivity contribution in [2.75, 3.05) is 31.2 Å². The summed E-state index contributed by atoms with van der Waals surface area (Å²) in [5.74, 6) is -2.30. The van der Waals surface area contributed by atoms with Crippen molar-refractivity contribution < 1.29 is 23.0 Å². The fraction of sp³-hybridized carbons (Fsp3) is 0.381. The number of aryl methyl sites for hydroxylation is 2. The minimum atomic E-state index is -0.921. The first-order chi connectivity index (χ1) is 14.4. The predicted octanol–water partition coefficient (Wildman–Crippen LogP) is 3.31. The van der Waals surface area contributed by atoms with Gasteiger partial charge in [0.15, 0.2) is 17.3 Å². The first kappa shape index (κ1) is 20.2. The van der Waals surface area contributed by atoms with E-state index in [4.69, 9.17) is 9.47 Å². The number of ether oxygens (including phenoxy) is 2. The highest BCUT2D eigenvalue weighted by atomic mass is 19.2. The molecule has 0 bridgehead atoms. The SMILES string of the molecule is CCOC(=O)c1cnc2c(c(C)nn2C)c1N1CCOC(c2ccc(F)c(F)c2)C1. The average molecular weight is 416 g/mol. The highest BCUT2D eigenvalue weighted by molar-refractivity contribution is 6.05. The van der Waals surface area contributed by atoms with Crippen LogP contribution in [0.3, 0.4) is 0 Å². The van der Waals surface area contributed by atoms with Crippen molar-refractivity contribution >= 4 is 22.7 Å². The summed E-state index contributed by atoms with van der Waals surface area (Å²) < 4.78 is 39.8. The lowest BCUT2D eigenvalue weighted by Crippen LogP contribution is -2.39. The van der Waals surface area contributed by atoms with Crippen molar-refractivity contribution in [3.63, 3.8) is 0 Å². The number of rotatable bonds is 4. The molecular weight excluding hydrogens is 394 g/mol. The van der Waals surface area contributed by atoms with E-state index in [1.807, 2.05) is 11.8 Å². The Kier molecular flexibility index (Phi) is 5.38. The Balaban J connectivity index is 1.79. The molecule has 2 aromatic heterocycles. The van der Waals surface area contributed by atoms with Crippen LogP contribution in [0.2, 0.25) is 0 Å². The molecule has 0 saturated carbocycles. The van der Waals surface area contributed by atoms with Crippen LogP contribution in [0.1, 0.15) is 34.6 Å². The molecule has 3 aromatic rings. The quantitative estimate of drug-likeness (QED) is 0.608. The monoisotopic (exact) mass is 416 g/mol. The van der Waals surface area contributed by atoms with Gasteiger partial charge in [-0.25, -0.2) is 18.6 Å². The molecule has 1 fully saturated rings. The smallest absolute Gasteiger partial charge is 0.341 e. The molecule has 1 unspecified atom stereocenters. The highest BCUT2D eigenvalue weighted by Crippen LogP contribution is 2.35. The second kappa shape index (κ2) is 7.98. The number of esters is 1. The van der Waals surface area contributed by atoms with Gasteiger partial charge in [-0.1, -0.05) is 6.07 Å². The number of nitrogens with zero attached hydrogens (tertiary/aromatic N) is 4. The number of pyridine rings is 1. The lowest BCUT2D eigenvalue weighted by atomic mass is 10.0. The van der Waals surface area contributed by atoms with Gasteiger partial charge in [-0.2, -0.15) is 5.10 Å². The molecule has 1 aliphatic heterocycles. The summed E-state index contributed by atoms with van der Waals surface area (Å²) in [6, 6.07) is 3.75. The molecule has 3 heterocycles. The molecule has 0 spiro atoms. The van der Waals surface area contributed by atoms with Crippen LogP contribution in [0.25, 0.3) is 11.0 Å².